The molecule has 6 heteroatoms. The fourth-order valence-corrected chi connectivity index (χ4v) is 3.53. The Balaban J connectivity index is 1.58. The van der Waals surface area contributed by atoms with Gasteiger partial charge in [0.25, 0.3) is 5.91 Å². The summed E-state index contributed by atoms with van der Waals surface area (Å²) in [7, 11) is 0. The maximum atomic E-state index is 12.5. The molecule has 6 nitrogen and oxygen atoms in total. The van der Waals surface area contributed by atoms with Gasteiger partial charge >= 0.3 is 0 Å². The van der Waals surface area contributed by atoms with Crippen LogP contribution < -0.4 is 11.1 Å². The third-order valence-corrected chi connectivity index (χ3v) is 5.07. The lowest BCUT2D eigenvalue weighted by atomic mass is 9.97. The van der Waals surface area contributed by atoms with Gasteiger partial charge in [0, 0.05) is 25.2 Å². The molecule has 3 N–H and O–H groups in total. The summed E-state index contributed by atoms with van der Waals surface area (Å²) in [5, 5.41) is 12.0. The first-order valence-electron chi connectivity index (χ1n) is 9.47. The molecular formula is C22H24N4O2. The second-order valence-corrected chi connectivity index (χ2v) is 7.07. The topological polar surface area (TPSA) is 99.2 Å². The zero-order valence-corrected chi connectivity index (χ0v) is 15.7. The minimum Gasteiger partial charge on any atom is -0.369 e. The molecule has 0 bridgehead atoms. The van der Waals surface area contributed by atoms with Crippen LogP contribution in [0.25, 0.3) is 11.1 Å². The van der Waals surface area contributed by atoms with Crippen molar-refractivity contribution in [3.05, 3.63) is 59.7 Å². The van der Waals surface area contributed by atoms with Crippen LogP contribution in [0.2, 0.25) is 0 Å². The molecule has 1 aliphatic heterocycles. The number of carbonyl (C=O) groups is 2. The maximum Gasteiger partial charge on any atom is 0.251 e. The number of piperidine rings is 1. The highest BCUT2D eigenvalue weighted by atomic mass is 16.2. The van der Waals surface area contributed by atoms with E-state index in [9.17, 15) is 9.59 Å². The number of carbonyl (C=O) groups excluding carboxylic acids is 2. The third kappa shape index (κ3) is 4.96. The summed E-state index contributed by atoms with van der Waals surface area (Å²) < 4.78 is 0. The minimum atomic E-state index is -0.244. The lowest BCUT2D eigenvalue weighted by Gasteiger charge is -2.31. The van der Waals surface area contributed by atoms with E-state index in [1.165, 1.54) is 0 Å². The number of hydrogen-bond acceptors (Lipinski definition) is 4. The molecule has 1 fully saturated rings. The predicted molar refractivity (Wildman–Crippen MR) is 107 cm³/mol. The van der Waals surface area contributed by atoms with E-state index >= 15 is 0 Å². The molecule has 0 aromatic heterocycles. The molecule has 2 aromatic rings. The van der Waals surface area contributed by atoms with Crippen LogP contribution in [-0.2, 0) is 4.79 Å². The zero-order valence-electron chi connectivity index (χ0n) is 15.7. The molecule has 28 heavy (non-hydrogen) atoms. The Labute approximate surface area is 164 Å². The summed E-state index contributed by atoms with van der Waals surface area (Å²) in [5.74, 6) is -0.474. The number of benzene rings is 2. The number of likely N-dealkylation sites (tertiary alicyclic amines) is 1. The molecule has 3 rings (SSSR count). The summed E-state index contributed by atoms with van der Waals surface area (Å²) in [6.45, 7) is 2.79. The van der Waals surface area contributed by atoms with Gasteiger partial charge in [-0.05, 0) is 54.8 Å². The highest BCUT2D eigenvalue weighted by molar-refractivity contribution is 5.95. The highest BCUT2D eigenvalue weighted by Crippen LogP contribution is 2.21. The summed E-state index contributed by atoms with van der Waals surface area (Å²) >= 11 is 0. The van der Waals surface area contributed by atoms with Gasteiger partial charge in [0.15, 0.2) is 0 Å². The Morgan fingerprint density at radius 2 is 1.93 bits per heavy atom. The van der Waals surface area contributed by atoms with Crippen molar-refractivity contribution in [3.8, 4) is 17.2 Å². The van der Waals surface area contributed by atoms with Crippen molar-refractivity contribution >= 4 is 11.8 Å². The van der Waals surface area contributed by atoms with Crippen LogP contribution in [0, 0.1) is 17.2 Å². The average Bonchev–Trinajstić information content (AvgIpc) is 2.74. The van der Waals surface area contributed by atoms with E-state index in [2.05, 4.69) is 16.3 Å². The Bertz CT molecular complexity index is 903. The van der Waals surface area contributed by atoms with Crippen LogP contribution in [0.3, 0.4) is 0 Å². The number of nitrogens with two attached hydrogens (primary N) is 1. The van der Waals surface area contributed by atoms with Gasteiger partial charge in [-0.25, -0.2) is 0 Å². The first-order chi connectivity index (χ1) is 13.6. The summed E-state index contributed by atoms with van der Waals surface area (Å²) in [6, 6.07) is 16.8. The van der Waals surface area contributed by atoms with Gasteiger partial charge in [0.1, 0.15) is 0 Å². The second kappa shape index (κ2) is 9.16. The van der Waals surface area contributed by atoms with E-state index in [1.807, 2.05) is 36.4 Å². The number of nitrogens with zero attached hydrogens (tertiary/aromatic N) is 2. The summed E-state index contributed by atoms with van der Waals surface area (Å²) in [6.07, 6.45) is 1.79. The van der Waals surface area contributed by atoms with Crippen molar-refractivity contribution in [1.82, 2.24) is 10.2 Å². The number of hydrogen-bond donors (Lipinski definition) is 2. The van der Waals surface area contributed by atoms with Crippen molar-refractivity contribution in [1.29, 1.82) is 5.26 Å². The van der Waals surface area contributed by atoms with E-state index in [0.29, 0.717) is 30.8 Å². The SMILES string of the molecule is N#Cc1cccc(-c2cccc(C(=O)NCCN3CCCC(C(N)=O)C3)c2)c1. The smallest absolute Gasteiger partial charge is 0.251 e. The molecule has 0 radical (unpaired) electrons. The lowest BCUT2D eigenvalue weighted by molar-refractivity contribution is -0.123. The van der Waals surface area contributed by atoms with E-state index in [0.717, 1.165) is 30.5 Å². The van der Waals surface area contributed by atoms with Crippen molar-refractivity contribution in [2.75, 3.05) is 26.2 Å². The van der Waals surface area contributed by atoms with Gasteiger partial charge in [0.2, 0.25) is 5.91 Å². The number of rotatable bonds is 6. The predicted octanol–water partition coefficient (Wildman–Crippen LogP) is 2.15. The number of amides is 2. The third-order valence-electron chi connectivity index (χ3n) is 5.07. The Morgan fingerprint density at radius 1 is 1.18 bits per heavy atom. The molecule has 1 saturated heterocycles. The molecule has 1 atom stereocenters. The van der Waals surface area contributed by atoms with Gasteiger partial charge < -0.3 is 16.0 Å². The molecule has 144 valence electrons. The molecule has 2 amide bonds. The molecule has 0 aliphatic carbocycles. The number of nitriles is 1. The average molecular weight is 376 g/mol. The molecule has 0 saturated carbocycles. The largest absolute Gasteiger partial charge is 0.369 e. The van der Waals surface area contributed by atoms with Crippen LogP contribution >= 0.6 is 0 Å². The van der Waals surface area contributed by atoms with Gasteiger partial charge in [0.05, 0.1) is 17.6 Å². The number of nitrogens with one attached hydrogen (secondary N) is 1. The molecule has 1 heterocycles. The van der Waals surface area contributed by atoms with E-state index in [4.69, 9.17) is 11.0 Å². The summed E-state index contributed by atoms with van der Waals surface area (Å²) in [5.41, 5.74) is 8.37. The first-order valence-corrected chi connectivity index (χ1v) is 9.47. The normalized spacial score (nSPS) is 16.9. The quantitative estimate of drug-likeness (QED) is 0.807. The van der Waals surface area contributed by atoms with Gasteiger partial charge in [-0.1, -0.05) is 24.3 Å². The minimum absolute atomic E-state index is 0.0923. The van der Waals surface area contributed by atoms with Crippen LogP contribution in [0.4, 0.5) is 0 Å². The first kappa shape index (κ1) is 19.6. The van der Waals surface area contributed by atoms with E-state index in [1.54, 1.807) is 12.1 Å². The van der Waals surface area contributed by atoms with Crippen LogP contribution in [0.15, 0.2) is 48.5 Å². The Kier molecular flexibility index (Phi) is 6.41. The van der Waals surface area contributed by atoms with Crippen molar-refractivity contribution in [2.24, 2.45) is 11.7 Å². The zero-order chi connectivity index (χ0) is 19.9. The fourth-order valence-electron chi connectivity index (χ4n) is 3.53. The van der Waals surface area contributed by atoms with Gasteiger partial charge in [-0.2, -0.15) is 5.26 Å². The monoisotopic (exact) mass is 376 g/mol. The molecule has 0 spiro atoms. The van der Waals surface area contributed by atoms with E-state index < -0.39 is 0 Å². The second-order valence-electron chi connectivity index (χ2n) is 7.07. The lowest BCUT2D eigenvalue weighted by Crippen LogP contribution is -2.44. The van der Waals surface area contributed by atoms with Gasteiger partial charge in [-0.3, -0.25) is 9.59 Å². The Morgan fingerprint density at radius 3 is 2.68 bits per heavy atom. The van der Waals surface area contributed by atoms with E-state index in [-0.39, 0.29) is 17.7 Å². The van der Waals surface area contributed by atoms with Crippen molar-refractivity contribution in [3.63, 3.8) is 0 Å². The fraction of sp³-hybridized carbons (Fsp3) is 0.318. The maximum absolute atomic E-state index is 12.5. The molecule has 2 aromatic carbocycles. The standard InChI is InChI=1S/C22H24N4O2/c23-14-16-4-1-5-17(12-16)18-6-2-7-19(13-18)22(28)25-9-11-26-10-3-8-20(15-26)21(24)27/h1-2,4-7,12-13,20H,3,8-11,15H2,(H2,24,27)(H,25,28). The molecular weight excluding hydrogens is 352 g/mol. The molecule has 1 unspecified atom stereocenters. The van der Waals surface area contributed by atoms with Crippen LogP contribution in [-0.4, -0.2) is 42.9 Å². The summed E-state index contributed by atoms with van der Waals surface area (Å²) in [4.78, 5) is 26.0. The molecule has 1 aliphatic rings. The Hall–Kier alpha value is -3.17. The van der Waals surface area contributed by atoms with Gasteiger partial charge in [-0.15, -0.1) is 0 Å². The van der Waals surface area contributed by atoms with Crippen molar-refractivity contribution < 1.29 is 9.59 Å². The van der Waals surface area contributed by atoms with Crippen molar-refractivity contribution in [2.45, 2.75) is 12.8 Å². The highest BCUT2D eigenvalue weighted by Gasteiger charge is 2.23. The van der Waals surface area contributed by atoms with Crippen LogP contribution in [0.1, 0.15) is 28.8 Å². The number of primary amides is 1. The van der Waals surface area contributed by atoms with Crippen LogP contribution in [0.5, 0.6) is 0 Å².